The number of carbonyl (C=O) groups excluding carboxylic acids is 2. The molecule has 0 saturated carbocycles. The predicted molar refractivity (Wildman–Crippen MR) is 117 cm³/mol. The van der Waals surface area contributed by atoms with Gasteiger partial charge in [-0.3, -0.25) is 20.4 Å². The van der Waals surface area contributed by atoms with Gasteiger partial charge in [0.15, 0.2) is 6.61 Å². The number of ether oxygens (including phenoxy) is 2. The second kappa shape index (κ2) is 11.3. The van der Waals surface area contributed by atoms with Crippen LogP contribution in [0.1, 0.15) is 24.0 Å². The van der Waals surface area contributed by atoms with Crippen LogP contribution in [0, 0.1) is 13.8 Å². The van der Waals surface area contributed by atoms with Crippen LogP contribution in [0.2, 0.25) is 10.0 Å². The van der Waals surface area contributed by atoms with Gasteiger partial charge in [0.25, 0.3) is 5.91 Å². The molecular weight excluding hydrogens is 483 g/mol. The number of carbonyl (C=O) groups is 2. The first-order valence-corrected chi connectivity index (χ1v) is 10.4. The van der Waals surface area contributed by atoms with Gasteiger partial charge in [-0.25, -0.2) is 0 Å². The van der Waals surface area contributed by atoms with E-state index >= 15 is 0 Å². The van der Waals surface area contributed by atoms with Crippen molar-refractivity contribution in [3.05, 3.63) is 56.0 Å². The second-order valence-corrected chi connectivity index (χ2v) is 8.04. The second-order valence-electron chi connectivity index (χ2n) is 6.28. The number of amides is 2. The quantitative estimate of drug-likeness (QED) is 0.402. The van der Waals surface area contributed by atoms with Gasteiger partial charge in [-0.15, -0.1) is 0 Å². The molecule has 0 bridgehead atoms. The highest BCUT2D eigenvalue weighted by Crippen LogP contribution is 2.28. The lowest BCUT2D eigenvalue weighted by Crippen LogP contribution is -2.43. The van der Waals surface area contributed by atoms with Gasteiger partial charge in [0.05, 0.1) is 11.6 Å². The summed E-state index contributed by atoms with van der Waals surface area (Å²) >= 11 is 15.2. The van der Waals surface area contributed by atoms with Crippen molar-refractivity contribution in [1.82, 2.24) is 10.9 Å². The maximum absolute atomic E-state index is 11.9. The fraction of sp³-hybridized carbons (Fsp3) is 0.300. The standard InChI is InChI=1S/C20H21BrCl2N2O4/c1-12-8-14(21)9-13(2)20(12)29-11-19(27)25-24-18(26)4-3-7-28-17-6-5-15(22)10-16(17)23/h5-6,8-10H,3-4,7,11H2,1-2H3,(H,24,26)(H,25,27). The lowest BCUT2D eigenvalue weighted by molar-refractivity contribution is -0.130. The molecule has 2 N–H and O–H groups in total. The van der Waals surface area contributed by atoms with E-state index in [1.54, 1.807) is 18.2 Å². The van der Waals surface area contributed by atoms with Gasteiger partial charge >= 0.3 is 0 Å². The molecule has 0 fully saturated rings. The number of nitrogens with one attached hydrogen (secondary N) is 2. The minimum atomic E-state index is -0.454. The molecule has 0 aliphatic heterocycles. The van der Waals surface area contributed by atoms with Crippen molar-refractivity contribution in [2.24, 2.45) is 0 Å². The molecule has 29 heavy (non-hydrogen) atoms. The van der Waals surface area contributed by atoms with Crippen LogP contribution >= 0.6 is 39.1 Å². The average Bonchev–Trinajstić information content (AvgIpc) is 2.64. The summed E-state index contributed by atoms with van der Waals surface area (Å²) in [6.07, 6.45) is 0.631. The van der Waals surface area contributed by atoms with Gasteiger partial charge in [-0.1, -0.05) is 39.1 Å². The summed E-state index contributed by atoms with van der Waals surface area (Å²) in [4.78, 5) is 23.7. The van der Waals surface area contributed by atoms with Gasteiger partial charge in [-0.2, -0.15) is 0 Å². The molecule has 2 aromatic rings. The molecule has 156 valence electrons. The summed E-state index contributed by atoms with van der Waals surface area (Å²) in [7, 11) is 0. The molecule has 0 radical (unpaired) electrons. The summed E-state index contributed by atoms with van der Waals surface area (Å²) in [6, 6.07) is 8.73. The van der Waals surface area contributed by atoms with E-state index in [1.807, 2.05) is 26.0 Å². The van der Waals surface area contributed by atoms with E-state index < -0.39 is 5.91 Å². The maximum atomic E-state index is 11.9. The van der Waals surface area contributed by atoms with Crippen LogP contribution < -0.4 is 20.3 Å². The van der Waals surface area contributed by atoms with Crippen molar-refractivity contribution in [3.63, 3.8) is 0 Å². The summed E-state index contributed by atoms with van der Waals surface area (Å²) in [5, 5.41) is 0.928. The minimum absolute atomic E-state index is 0.178. The number of hydrogen-bond donors (Lipinski definition) is 2. The van der Waals surface area contributed by atoms with Gasteiger partial charge in [-0.05, 0) is 61.7 Å². The number of benzene rings is 2. The van der Waals surface area contributed by atoms with E-state index in [4.69, 9.17) is 32.7 Å². The summed E-state index contributed by atoms with van der Waals surface area (Å²) in [5.41, 5.74) is 6.50. The van der Waals surface area contributed by atoms with Crippen LogP contribution in [0.4, 0.5) is 0 Å². The molecule has 6 nitrogen and oxygen atoms in total. The van der Waals surface area contributed by atoms with Crippen molar-refractivity contribution in [3.8, 4) is 11.5 Å². The Bertz CT molecular complexity index is 870. The summed E-state index contributed by atoms with van der Waals surface area (Å²) in [6.45, 7) is 3.88. The van der Waals surface area contributed by atoms with Crippen LogP contribution in [-0.4, -0.2) is 25.0 Å². The fourth-order valence-corrected chi connectivity index (χ4v) is 3.66. The van der Waals surface area contributed by atoms with Gasteiger partial charge in [0.1, 0.15) is 11.5 Å². The highest BCUT2D eigenvalue weighted by atomic mass is 79.9. The van der Waals surface area contributed by atoms with Crippen LogP contribution in [0.15, 0.2) is 34.8 Å². The normalized spacial score (nSPS) is 10.4. The minimum Gasteiger partial charge on any atom is -0.492 e. The first-order chi connectivity index (χ1) is 13.8. The van der Waals surface area contributed by atoms with Gasteiger partial charge in [0, 0.05) is 15.9 Å². The number of hydrogen-bond acceptors (Lipinski definition) is 4. The molecule has 0 unspecified atom stereocenters. The highest BCUT2D eigenvalue weighted by Gasteiger charge is 2.10. The van der Waals surface area contributed by atoms with Crippen LogP contribution in [-0.2, 0) is 9.59 Å². The number of aryl methyl sites for hydroxylation is 2. The molecule has 0 atom stereocenters. The Balaban J connectivity index is 1.65. The lowest BCUT2D eigenvalue weighted by Gasteiger charge is -2.13. The average molecular weight is 504 g/mol. The fourth-order valence-electron chi connectivity index (χ4n) is 2.51. The Morgan fingerprint density at radius 1 is 1.00 bits per heavy atom. The Morgan fingerprint density at radius 2 is 1.66 bits per heavy atom. The Kier molecular flexibility index (Phi) is 9.07. The smallest absolute Gasteiger partial charge is 0.276 e. The van der Waals surface area contributed by atoms with Crippen LogP contribution in [0.25, 0.3) is 0 Å². The number of rotatable bonds is 8. The lowest BCUT2D eigenvalue weighted by atomic mass is 10.1. The molecule has 0 aliphatic carbocycles. The van der Waals surface area contributed by atoms with E-state index in [0.29, 0.717) is 34.6 Å². The third-order valence-electron chi connectivity index (χ3n) is 3.81. The molecule has 0 saturated heterocycles. The summed E-state index contributed by atoms with van der Waals surface area (Å²) < 4.78 is 12.0. The number of halogens is 3. The van der Waals surface area contributed by atoms with Crippen molar-refractivity contribution in [2.45, 2.75) is 26.7 Å². The molecule has 0 heterocycles. The van der Waals surface area contributed by atoms with Crippen molar-refractivity contribution in [2.75, 3.05) is 13.2 Å². The zero-order valence-corrected chi connectivity index (χ0v) is 19.1. The van der Waals surface area contributed by atoms with Crippen molar-refractivity contribution in [1.29, 1.82) is 0 Å². The van der Waals surface area contributed by atoms with Crippen molar-refractivity contribution >= 4 is 50.9 Å². The molecule has 2 rings (SSSR count). The van der Waals surface area contributed by atoms with E-state index in [9.17, 15) is 9.59 Å². The molecule has 2 amide bonds. The summed E-state index contributed by atoms with van der Waals surface area (Å²) in [5.74, 6) is 0.359. The third kappa shape index (κ3) is 7.76. The monoisotopic (exact) mass is 502 g/mol. The first kappa shape index (κ1) is 23.3. The maximum Gasteiger partial charge on any atom is 0.276 e. The third-order valence-corrected chi connectivity index (χ3v) is 4.80. The van der Waals surface area contributed by atoms with Crippen LogP contribution in [0.3, 0.4) is 0 Å². The molecular formula is C20H21BrCl2N2O4. The Hall–Kier alpha value is -1.96. The Labute approximate surface area is 188 Å². The molecule has 0 aliphatic rings. The molecule has 0 spiro atoms. The SMILES string of the molecule is Cc1cc(Br)cc(C)c1OCC(=O)NNC(=O)CCCOc1ccc(Cl)cc1Cl. The topological polar surface area (TPSA) is 76.7 Å². The van der Waals surface area contributed by atoms with E-state index in [2.05, 4.69) is 26.8 Å². The van der Waals surface area contributed by atoms with E-state index in [-0.39, 0.29) is 18.9 Å². The molecule has 0 aromatic heterocycles. The molecule has 2 aromatic carbocycles. The first-order valence-electron chi connectivity index (χ1n) is 8.81. The molecule has 9 heteroatoms. The predicted octanol–water partition coefficient (Wildman–Crippen LogP) is 4.76. The zero-order chi connectivity index (χ0) is 21.4. The van der Waals surface area contributed by atoms with E-state index in [0.717, 1.165) is 15.6 Å². The number of hydrazine groups is 1. The largest absolute Gasteiger partial charge is 0.492 e. The van der Waals surface area contributed by atoms with Gasteiger partial charge < -0.3 is 9.47 Å². The van der Waals surface area contributed by atoms with Crippen molar-refractivity contribution < 1.29 is 19.1 Å². The Morgan fingerprint density at radius 3 is 2.31 bits per heavy atom. The highest BCUT2D eigenvalue weighted by molar-refractivity contribution is 9.10. The van der Waals surface area contributed by atoms with E-state index in [1.165, 1.54) is 0 Å². The zero-order valence-electron chi connectivity index (χ0n) is 16.0. The van der Waals surface area contributed by atoms with Gasteiger partial charge in [0.2, 0.25) is 5.91 Å². The van der Waals surface area contributed by atoms with Crippen LogP contribution in [0.5, 0.6) is 11.5 Å².